The minimum absolute atomic E-state index is 0.605. The van der Waals surface area contributed by atoms with Crippen molar-refractivity contribution in [3.8, 4) is 0 Å². The summed E-state index contributed by atoms with van der Waals surface area (Å²) in [6, 6.07) is 1.86. The monoisotopic (exact) mass is 192 g/mol. The number of aldehydes is 1. The predicted octanol–water partition coefficient (Wildman–Crippen LogP) is 1.67. The van der Waals surface area contributed by atoms with Crippen molar-refractivity contribution >= 4 is 29.8 Å². The third-order valence-electron chi connectivity index (χ3n) is 2.13. The van der Waals surface area contributed by atoms with Gasteiger partial charge in [0.25, 0.3) is 0 Å². The smallest absolute Gasteiger partial charge is 0.153 e. The number of fused-ring (bicyclic) bond motifs is 1. The minimum atomic E-state index is 0.605. The molecule has 0 fully saturated rings. The lowest BCUT2D eigenvalue weighted by molar-refractivity contribution is 0.112. The van der Waals surface area contributed by atoms with Crippen LogP contribution in [0.5, 0.6) is 0 Å². The molecule has 0 unspecified atom stereocenters. The highest BCUT2D eigenvalue weighted by Crippen LogP contribution is 2.24. The number of pyridine rings is 1. The van der Waals surface area contributed by atoms with Crippen LogP contribution in [-0.4, -0.2) is 15.8 Å². The van der Waals surface area contributed by atoms with Gasteiger partial charge in [0, 0.05) is 24.8 Å². The van der Waals surface area contributed by atoms with Gasteiger partial charge < -0.3 is 4.57 Å². The number of carbonyl (C=O) groups excluding carboxylic acids is 1. The first kappa shape index (κ1) is 8.31. The molecular weight excluding hydrogens is 184 g/mol. The van der Waals surface area contributed by atoms with Gasteiger partial charge in [0.05, 0.1) is 16.1 Å². The summed E-state index contributed by atoms with van der Waals surface area (Å²) in [5.41, 5.74) is 1.58. The van der Waals surface area contributed by atoms with Crippen LogP contribution in [-0.2, 0) is 7.05 Å². The molecule has 0 amide bonds. The van der Waals surface area contributed by atoms with E-state index >= 15 is 0 Å². The molecule has 0 N–H and O–H groups in total. The normalized spacial score (nSPS) is 10.6. The van der Waals surface area contributed by atoms with Crippen LogP contribution in [0.4, 0.5) is 0 Å². The van der Waals surface area contributed by atoms with Crippen molar-refractivity contribution in [1.29, 1.82) is 0 Å². The van der Waals surface area contributed by atoms with Gasteiger partial charge in [0.2, 0.25) is 0 Å². The average molecular weight is 192 g/mol. The molecule has 2 heterocycles. The summed E-state index contributed by atoms with van der Waals surface area (Å²) >= 11 is 4.25. The molecule has 0 bridgehead atoms. The molecule has 0 atom stereocenters. The Kier molecular flexibility index (Phi) is 1.84. The molecular formula is C9H8N2OS. The summed E-state index contributed by atoms with van der Waals surface area (Å²) in [4.78, 5) is 14.7. The van der Waals surface area contributed by atoms with Crippen LogP contribution in [0.2, 0.25) is 0 Å². The van der Waals surface area contributed by atoms with E-state index in [1.165, 1.54) is 0 Å². The zero-order valence-electron chi connectivity index (χ0n) is 7.06. The molecule has 2 aromatic heterocycles. The number of aromatic nitrogens is 2. The third-order valence-corrected chi connectivity index (χ3v) is 2.67. The molecule has 3 nitrogen and oxygen atoms in total. The zero-order chi connectivity index (χ0) is 9.42. The van der Waals surface area contributed by atoms with Crippen LogP contribution >= 0.6 is 12.6 Å². The van der Waals surface area contributed by atoms with Crippen LogP contribution in [0, 0.1) is 0 Å². The van der Waals surface area contributed by atoms with Crippen molar-refractivity contribution in [2.24, 2.45) is 7.05 Å². The first-order chi connectivity index (χ1) is 6.25. The maximum atomic E-state index is 10.8. The Balaban J connectivity index is 2.98. The van der Waals surface area contributed by atoms with Crippen molar-refractivity contribution in [3.63, 3.8) is 0 Å². The summed E-state index contributed by atoms with van der Waals surface area (Å²) in [5, 5.41) is 1.53. The number of nitrogens with zero attached hydrogens (tertiary/aromatic N) is 2. The number of hydrogen-bond donors (Lipinski definition) is 1. The number of thiol groups is 1. The van der Waals surface area contributed by atoms with Gasteiger partial charge in [0.15, 0.2) is 6.29 Å². The second-order valence-corrected chi connectivity index (χ2v) is 3.23. The highest BCUT2D eigenvalue weighted by atomic mass is 32.1. The fraction of sp³-hybridized carbons (Fsp3) is 0.111. The molecule has 0 spiro atoms. The maximum Gasteiger partial charge on any atom is 0.153 e. The molecule has 66 valence electrons. The molecule has 13 heavy (non-hydrogen) atoms. The molecule has 0 aromatic carbocycles. The molecule has 4 heteroatoms. The van der Waals surface area contributed by atoms with E-state index in [0.717, 1.165) is 17.2 Å². The van der Waals surface area contributed by atoms with E-state index < -0.39 is 0 Å². The van der Waals surface area contributed by atoms with E-state index in [1.807, 2.05) is 17.7 Å². The van der Waals surface area contributed by atoms with Crippen molar-refractivity contribution in [2.75, 3.05) is 0 Å². The Labute approximate surface area is 80.8 Å². The zero-order valence-corrected chi connectivity index (χ0v) is 7.95. The van der Waals surface area contributed by atoms with Crippen LogP contribution in [0.1, 0.15) is 10.4 Å². The van der Waals surface area contributed by atoms with Gasteiger partial charge in [-0.05, 0) is 6.07 Å². The number of carbonyl (C=O) groups is 1. The molecule has 2 rings (SSSR count). The van der Waals surface area contributed by atoms with E-state index in [2.05, 4.69) is 17.6 Å². The van der Waals surface area contributed by atoms with E-state index in [1.54, 1.807) is 12.4 Å². The van der Waals surface area contributed by atoms with Crippen LogP contribution < -0.4 is 0 Å². The largest absolute Gasteiger partial charge is 0.338 e. The minimum Gasteiger partial charge on any atom is -0.338 e. The van der Waals surface area contributed by atoms with Crippen LogP contribution in [0.15, 0.2) is 23.5 Å². The highest BCUT2D eigenvalue weighted by molar-refractivity contribution is 7.80. The van der Waals surface area contributed by atoms with Gasteiger partial charge in [-0.2, -0.15) is 0 Å². The topological polar surface area (TPSA) is 34.9 Å². The Hall–Kier alpha value is -1.29. The summed E-state index contributed by atoms with van der Waals surface area (Å²) in [5.74, 6) is 0. The van der Waals surface area contributed by atoms with E-state index in [9.17, 15) is 4.79 Å². The Morgan fingerprint density at radius 3 is 3.08 bits per heavy atom. The van der Waals surface area contributed by atoms with E-state index in [-0.39, 0.29) is 0 Å². The second kappa shape index (κ2) is 2.88. The Bertz CT molecular complexity index is 476. The lowest BCUT2D eigenvalue weighted by Crippen LogP contribution is -1.87. The number of aryl methyl sites for hydroxylation is 1. The fourth-order valence-electron chi connectivity index (χ4n) is 1.42. The molecule has 0 aliphatic carbocycles. The first-order valence-corrected chi connectivity index (χ1v) is 4.27. The quantitative estimate of drug-likeness (QED) is 0.551. The summed E-state index contributed by atoms with van der Waals surface area (Å²) in [6.45, 7) is 0. The van der Waals surface area contributed by atoms with Gasteiger partial charge in [-0.3, -0.25) is 9.78 Å². The summed E-state index contributed by atoms with van der Waals surface area (Å²) < 4.78 is 1.86. The lowest BCUT2D eigenvalue weighted by atomic mass is 10.2. The van der Waals surface area contributed by atoms with Crippen molar-refractivity contribution in [1.82, 2.24) is 9.55 Å². The standard InChI is InChI=1S/C9H8N2OS/c1-11-8-2-3-10-4-6(8)7(5-12)9(11)13/h2-5,13H,1H3. The molecule has 2 aromatic rings. The Morgan fingerprint density at radius 1 is 1.62 bits per heavy atom. The van der Waals surface area contributed by atoms with E-state index in [0.29, 0.717) is 10.6 Å². The van der Waals surface area contributed by atoms with Gasteiger partial charge in [-0.1, -0.05) is 0 Å². The first-order valence-electron chi connectivity index (χ1n) is 3.82. The Morgan fingerprint density at radius 2 is 2.38 bits per heavy atom. The van der Waals surface area contributed by atoms with Crippen molar-refractivity contribution < 1.29 is 4.79 Å². The fourth-order valence-corrected chi connectivity index (χ4v) is 1.70. The maximum absolute atomic E-state index is 10.8. The lowest BCUT2D eigenvalue weighted by Gasteiger charge is -1.95. The van der Waals surface area contributed by atoms with Crippen molar-refractivity contribution in [2.45, 2.75) is 5.03 Å². The SMILES string of the molecule is Cn1c(S)c(C=O)c2cnccc21. The van der Waals surface area contributed by atoms with Crippen molar-refractivity contribution in [3.05, 3.63) is 24.0 Å². The van der Waals surface area contributed by atoms with Gasteiger partial charge >= 0.3 is 0 Å². The molecule has 0 radical (unpaired) electrons. The van der Waals surface area contributed by atoms with Crippen LogP contribution in [0.25, 0.3) is 10.9 Å². The number of hydrogen-bond acceptors (Lipinski definition) is 3. The molecule has 0 saturated carbocycles. The summed E-state index contributed by atoms with van der Waals surface area (Å²) in [7, 11) is 1.87. The average Bonchev–Trinajstić information content (AvgIpc) is 2.41. The molecule has 0 aliphatic heterocycles. The highest BCUT2D eigenvalue weighted by Gasteiger charge is 2.10. The summed E-state index contributed by atoms with van der Waals surface area (Å²) in [6.07, 6.45) is 4.19. The molecule has 0 saturated heterocycles. The van der Waals surface area contributed by atoms with E-state index in [4.69, 9.17) is 0 Å². The third kappa shape index (κ3) is 1.06. The van der Waals surface area contributed by atoms with Gasteiger partial charge in [0.1, 0.15) is 0 Å². The van der Waals surface area contributed by atoms with Gasteiger partial charge in [-0.15, -0.1) is 12.6 Å². The van der Waals surface area contributed by atoms with Gasteiger partial charge in [-0.25, -0.2) is 0 Å². The second-order valence-electron chi connectivity index (χ2n) is 2.81. The van der Waals surface area contributed by atoms with Crippen LogP contribution in [0.3, 0.4) is 0 Å². The predicted molar refractivity (Wildman–Crippen MR) is 53.4 cm³/mol. The number of rotatable bonds is 1. The molecule has 0 aliphatic rings.